The monoisotopic (exact) mass is 514 g/mol. The maximum absolute atomic E-state index is 11.1. The standard InChI is InChI=1S/C20H26N4O4.HI/c1-14(25)23-15-6-5-7-17(12-15)28-11-10-22-20(21-2)24-16-8-9-18(26-3)19(13-16)27-4;/h5-9,12-13H,10-11H2,1-4H3,(H,23,25)(H2,21,22,24);1H. The van der Waals surface area contributed by atoms with Crippen molar-refractivity contribution < 1.29 is 19.0 Å². The summed E-state index contributed by atoms with van der Waals surface area (Å²) in [5.74, 6) is 2.44. The first-order valence-electron chi connectivity index (χ1n) is 8.76. The van der Waals surface area contributed by atoms with Crippen LogP contribution in [0.4, 0.5) is 11.4 Å². The zero-order chi connectivity index (χ0) is 20.4. The van der Waals surface area contributed by atoms with E-state index in [-0.39, 0.29) is 29.9 Å². The van der Waals surface area contributed by atoms with Gasteiger partial charge < -0.3 is 30.2 Å². The number of ether oxygens (including phenoxy) is 3. The molecule has 0 heterocycles. The Labute approximate surface area is 188 Å². The predicted octanol–water partition coefficient (Wildman–Crippen LogP) is 3.35. The number of hydrogen-bond donors (Lipinski definition) is 3. The Hall–Kier alpha value is -2.69. The lowest BCUT2D eigenvalue weighted by atomic mass is 10.3. The highest BCUT2D eigenvalue weighted by Gasteiger charge is 2.06. The number of nitrogens with zero attached hydrogens (tertiary/aromatic N) is 1. The lowest BCUT2D eigenvalue weighted by Gasteiger charge is -2.14. The molecule has 2 aromatic rings. The van der Waals surface area contributed by atoms with Crippen LogP contribution in [0.3, 0.4) is 0 Å². The van der Waals surface area contributed by atoms with E-state index < -0.39 is 0 Å². The summed E-state index contributed by atoms with van der Waals surface area (Å²) < 4.78 is 16.2. The largest absolute Gasteiger partial charge is 0.493 e. The van der Waals surface area contributed by atoms with Crippen LogP contribution >= 0.6 is 24.0 Å². The summed E-state index contributed by atoms with van der Waals surface area (Å²) in [5, 5.41) is 9.08. The second-order valence-electron chi connectivity index (χ2n) is 5.75. The van der Waals surface area contributed by atoms with Crippen molar-refractivity contribution in [1.82, 2.24) is 5.32 Å². The van der Waals surface area contributed by atoms with Crippen molar-refractivity contribution in [3.05, 3.63) is 42.5 Å². The van der Waals surface area contributed by atoms with E-state index in [2.05, 4.69) is 20.9 Å². The molecule has 0 saturated heterocycles. The normalized spacial score (nSPS) is 10.4. The Morgan fingerprint density at radius 1 is 1.00 bits per heavy atom. The second kappa shape index (κ2) is 12.7. The van der Waals surface area contributed by atoms with Crippen LogP contribution in [0.2, 0.25) is 0 Å². The fourth-order valence-electron chi connectivity index (χ4n) is 2.44. The average molecular weight is 514 g/mol. The van der Waals surface area contributed by atoms with Gasteiger partial charge in [0.2, 0.25) is 5.91 Å². The summed E-state index contributed by atoms with van der Waals surface area (Å²) in [6, 6.07) is 12.8. The van der Waals surface area contributed by atoms with Gasteiger partial charge in [-0.05, 0) is 24.3 Å². The molecule has 2 aromatic carbocycles. The molecule has 0 atom stereocenters. The summed E-state index contributed by atoms with van der Waals surface area (Å²) >= 11 is 0. The molecule has 0 aliphatic carbocycles. The SMILES string of the molecule is CN=C(NCCOc1cccc(NC(C)=O)c1)Nc1ccc(OC)c(OC)c1.I. The molecule has 0 fully saturated rings. The van der Waals surface area contributed by atoms with Gasteiger partial charge in [0.1, 0.15) is 12.4 Å². The maximum atomic E-state index is 11.1. The number of guanidine groups is 1. The third-order valence-electron chi connectivity index (χ3n) is 3.69. The van der Waals surface area contributed by atoms with Crippen LogP contribution in [-0.2, 0) is 4.79 Å². The van der Waals surface area contributed by atoms with Crippen molar-refractivity contribution in [3.8, 4) is 17.2 Å². The van der Waals surface area contributed by atoms with Crippen molar-refractivity contribution in [3.63, 3.8) is 0 Å². The molecule has 9 heteroatoms. The molecule has 0 unspecified atom stereocenters. The first-order valence-corrected chi connectivity index (χ1v) is 8.76. The molecule has 158 valence electrons. The van der Waals surface area contributed by atoms with E-state index in [4.69, 9.17) is 14.2 Å². The molecule has 29 heavy (non-hydrogen) atoms. The summed E-state index contributed by atoms with van der Waals surface area (Å²) in [6.45, 7) is 2.43. The Kier molecular flexibility index (Phi) is 10.7. The Bertz CT molecular complexity index is 830. The fourth-order valence-corrected chi connectivity index (χ4v) is 2.44. The number of hydrogen-bond acceptors (Lipinski definition) is 5. The molecule has 0 aliphatic heterocycles. The van der Waals surface area contributed by atoms with Crippen molar-refractivity contribution in [2.24, 2.45) is 4.99 Å². The Balaban J connectivity index is 0.00000420. The number of benzene rings is 2. The van der Waals surface area contributed by atoms with Gasteiger partial charge in [0.05, 0.1) is 20.8 Å². The fraction of sp³-hybridized carbons (Fsp3) is 0.300. The van der Waals surface area contributed by atoms with Crippen molar-refractivity contribution in [2.45, 2.75) is 6.92 Å². The number of methoxy groups -OCH3 is 2. The van der Waals surface area contributed by atoms with E-state index in [1.54, 1.807) is 33.4 Å². The van der Waals surface area contributed by atoms with Crippen LogP contribution in [0.15, 0.2) is 47.5 Å². The van der Waals surface area contributed by atoms with E-state index in [1.807, 2.05) is 30.3 Å². The average Bonchev–Trinajstić information content (AvgIpc) is 2.69. The number of aliphatic imine (C=N–C) groups is 1. The lowest BCUT2D eigenvalue weighted by Crippen LogP contribution is -2.33. The van der Waals surface area contributed by atoms with E-state index in [1.165, 1.54) is 6.92 Å². The van der Waals surface area contributed by atoms with Crippen molar-refractivity contribution >= 4 is 47.2 Å². The first kappa shape index (κ1) is 24.3. The molecule has 0 radical (unpaired) electrons. The highest BCUT2D eigenvalue weighted by atomic mass is 127. The van der Waals surface area contributed by atoms with Crippen LogP contribution in [0, 0.1) is 0 Å². The van der Waals surface area contributed by atoms with Gasteiger partial charge >= 0.3 is 0 Å². The predicted molar refractivity (Wildman–Crippen MR) is 126 cm³/mol. The molecular weight excluding hydrogens is 487 g/mol. The summed E-state index contributed by atoms with van der Waals surface area (Å²) in [5.41, 5.74) is 1.51. The van der Waals surface area contributed by atoms with E-state index in [0.29, 0.717) is 42.0 Å². The zero-order valence-corrected chi connectivity index (χ0v) is 19.3. The molecular formula is C20H27IN4O4. The lowest BCUT2D eigenvalue weighted by molar-refractivity contribution is -0.114. The number of halogens is 1. The van der Waals surface area contributed by atoms with Gasteiger partial charge in [-0.3, -0.25) is 9.79 Å². The highest BCUT2D eigenvalue weighted by molar-refractivity contribution is 14.0. The van der Waals surface area contributed by atoms with Gasteiger partial charge in [0.15, 0.2) is 17.5 Å². The van der Waals surface area contributed by atoms with Gasteiger partial charge in [-0.1, -0.05) is 6.07 Å². The van der Waals surface area contributed by atoms with E-state index >= 15 is 0 Å². The van der Waals surface area contributed by atoms with Gasteiger partial charge in [-0.25, -0.2) is 0 Å². The topological polar surface area (TPSA) is 93.2 Å². The minimum Gasteiger partial charge on any atom is -0.493 e. The number of rotatable bonds is 8. The third-order valence-corrected chi connectivity index (χ3v) is 3.69. The molecule has 0 saturated carbocycles. The quantitative estimate of drug-likeness (QED) is 0.217. The molecule has 3 N–H and O–H groups in total. The molecule has 0 spiro atoms. The summed E-state index contributed by atoms with van der Waals surface area (Å²) in [4.78, 5) is 15.3. The maximum Gasteiger partial charge on any atom is 0.221 e. The Morgan fingerprint density at radius 3 is 2.38 bits per heavy atom. The molecule has 2 rings (SSSR count). The van der Waals surface area contributed by atoms with Crippen LogP contribution in [-0.4, -0.2) is 46.3 Å². The Morgan fingerprint density at radius 2 is 1.72 bits per heavy atom. The van der Waals surface area contributed by atoms with Crippen LogP contribution < -0.4 is 30.2 Å². The summed E-state index contributed by atoms with van der Waals surface area (Å²) in [6.07, 6.45) is 0. The summed E-state index contributed by atoms with van der Waals surface area (Å²) in [7, 11) is 4.87. The van der Waals surface area contributed by atoms with Crippen LogP contribution in [0.25, 0.3) is 0 Å². The minimum atomic E-state index is -0.121. The van der Waals surface area contributed by atoms with Gasteiger partial charge in [0, 0.05) is 37.5 Å². The van der Waals surface area contributed by atoms with Gasteiger partial charge in [-0.15, -0.1) is 24.0 Å². The van der Waals surface area contributed by atoms with E-state index in [0.717, 1.165) is 5.69 Å². The van der Waals surface area contributed by atoms with Crippen LogP contribution in [0.1, 0.15) is 6.92 Å². The number of carbonyl (C=O) groups excluding carboxylic acids is 1. The molecule has 0 aliphatic rings. The number of nitrogens with one attached hydrogen (secondary N) is 3. The van der Waals surface area contributed by atoms with Crippen molar-refractivity contribution in [1.29, 1.82) is 0 Å². The van der Waals surface area contributed by atoms with Gasteiger partial charge in [-0.2, -0.15) is 0 Å². The van der Waals surface area contributed by atoms with E-state index in [9.17, 15) is 4.79 Å². The zero-order valence-electron chi connectivity index (χ0n) is 16.9. The highest BCUT2D eigenvalue weighted by Crippen LogP contribution is 2.29. The molecule has 0 bridgehead atoms. The van der Waals surface area contributed by atoms with Crippen LogP contribution in [0.5, 0.6) is 17.2 Å². The number of amides is 1. The molecule has 0 aromatic heterocycles. The molecule has 8 nitrogen and oxygen atoms in total. The second-order valence-corrected chi connectivity index (χ2v) is 5.75. The first-order chi connectivity index (χ1) is 13.5. The van der Waals surface area contributed by atoms with Crippen molar-refractivity contribution in [2.75, 3.05) is 45.1 Å². The number of carbonyl (C=O) groups is 1. The molecule has 1 amide bonds. The smallest absolute Gasteiger partial charge is 0.221 e. The number of anilines is 2. The van der Waals surface area contributed by atoms with Gasteiger partial charge in [0.25, 0.3) is 0 Å². The minimum absolute atomic E-state index is 0. The third kappa shape index (κ3) is 8.06.